The number of ether oxygens (including phenoxy) is 1. The fourth-order valence-electron chi connectivity index (χ4n) is 1.98. The predicted octanol–water partition coefficient (Wildman–Crippen LogP) is 3.20. The molecule has 0 radical (unpaired) electrons. The highest BCUT2D eigenvalue weighted by atomic mass is 16.5. The Labute approximate surface area is 118 Å². The van der Waals surface area contributed by atoms with Gasteiger partial charge >= 0.3 is 5.97 Å². The van der Waals surface area contributed by atoms with Crippen molar-refractivity contribution in [3.05, 3.63) is 47.8 Å². The van der Waals surface area contributed by atoms with Gasteiger partial charge in [-0.2, -0.15) is 0 Å². The smallest absolute Gasteiger partial charge is 0.341 e. The molecule has 0 unspecified atom stereocenters. The molecule has 1 aromatic heterocycles. The maximum absolute atomic E-state index is 12.3. The summed E-state index contributed by atoms with van der Waals surface area (Å²) in [5, 5.41) is 0. The van der Waals surface area contributed by atoms with Crippen LogP contribution in [-0.2, 0) is 4.74 Å². The fourth-order valence-corrected chi connectivity index (χ4v) is 1.98. The average molecular weight is 270 g/mol. The molecule has 4 nitrogen and oxygen atoms in total. The van der Waals surface area contributed by atoms with E-state index in [1.807, 2.05) is 45.0 Å². The number of carbonyl (C=O) groups excluding carboxylic acids is 1. The molecular weight excluding hydrogens is 252 g/mol. The second-order valence-corrected chi connectivity index (χ2v) is 4.91. The van der Waals surface area contributed by atoms with Crippen molar-refractivity contribution in [1.29, 1.82) is 0 Å². The molecule has 0 amide bonds. The molecule has 104 valence electrons. The molecule has 0 aliphatic carbocycles. The number of nitrogen functional groups attached to an aromatic ring is 1. The zero-order chi connectivity index (χ0) is 14.7. The van der Waals surface area contributed by atoms with E-state index in [0.717, 1.165) is 16.7 Å². The number of hydrogen-bond acceptors (Lipinski definition) is 4. The third kappa shape index (κ3) is 2.79. The van der Waals surface area contributed by atoms with Crippen LogP contribution in [0.2, 0.25) is 0 Å². The molecule has 4 heteroatoms. The summed E-state index contributed by atoms with van der Waals surface area (Å²) in [5.41, 5.74) is 9.38. The number of nitrogens with zero attached hydrogens (tertiary/aromatic N) is 1. The van der Waals surface area contributed by atoms with Crippen molar-refractivity contribution in [2.24, 2.45) is 0 Å². The van der Waals surface area contributed by atoms with Crippen LogP contribution in [0.25, 0.3) is 11.1 Å². The first-order chi connectivity index (χ1) is 9.50. The highest BCUT2D eigenvalue weighted by Crippen LogP contribution is 2.30. The lowest BCUT2D eigenvalue weighted by Gasteiger charge is -2.15. The number of rotatable bonds is 3. The Morgan fingerprint density at radius 3 is 2.65 bits per heavy atom. The molecule has 0 saturated heterocycles. The summed E-state index contributed by atoms with van der Waals surface area (Å²) in [6, 6.07) is 7.48. The van der Waals surface area contributed by atoms with E-state index in [1.165, 1.54) is 0 Å². The van der Waals surface area contributed by atoms with Crippen molar-refractivity contribution in [2.75, 3.05) is 5.73 Å². The number of esters is 1. The summed E-state index contributed by atoms with van der Waals surface area (Å²) in [4.78, 5) is 16.4. The number of aryl methyl sites for hydroxylation is 1. The summed E-state index contributed by atoms with van der Waals surface area (Å²) in [5.74, 6) is -0.403. The van der Waals surface area contributed by atoms with Crippen LogP contribution in [0.1, 0.15) is 29.8 Å². The topological polar surface area (TPSA) is 65.2 Å². The number of aromatic nitrogens is 1. The molecular formula is C16H18N2O2. The van der Waals surface area contributed by atoms with E-state index >= 15 is 0 Å². The minimum absolute atomic E-state index is 0.191. The van der Waals surface area contributed by atoms with Crippen LogP contribution in [0.4, 0.5) is 5.69 Å². The van der Waals surface area contributed by atoms with Crippen molar-refractivity contribution >= 4 is 11.7 Å². The van der Waals surface area contributed by atoms with E-state index in [4.69, 9.17) is 10.5 Å². The second kappa shape index (κ2) is 5.74. The number of hydrogen-bond donors (Lipinski definition) is 1. The van der Waals surface area contributed by atoms with Crippen LogP contribution in [0.3, 0.4) is 0 Å². The van der Waals surface area contributed by atoms with E-state index in [-0.39, 0.29) is 6.10 Å². The average Bonchev–Trinajstić information content (AvgIpc) is 2.41. The SMILES string of the molecule is Cc1ccc(-c2cccnc2)c(C(=O)OC(C)C)c1N. The largest absolute Gasteiger partial charge is 0.459 e. The Morgan fingerprint density at radius 1 is 1.30 bits per heavy atom. The molecule has 2 N–H and O–H groups in total. The molecule has 2 rings (SSSR count). The second-order valence-electron chi connectivity index (χ2n) is 4.91. The molecule has 0 spiro atoms. The lowest BCUT2D eigenvalue weighted by atomic mass is 9.97. The lowest BCUT2D eigenvalue weighted by molar-refractivity contribution is 0.0380. The Kier molecular flexibility index (Phi) is 4.03. The zero-order valence-corrected chi connectivity index (χ0v) is 11.9. The van der Waals surface area contributed by atoms with Gasteiger partial charge in [0.2, 0.25) is 0 Å². The van der Waals surface area contributed by atoms with E-state index in [0.29, 0.717) is 11.3 Å². The van der Waals surface area contributed by atoms with Crippen LogP contribution >= 0.6 is 0 Å². The zero-order valence-electron chi connectivity index (χ0n) is 11.9. The number of benzene rings is 1. The molecule has 1 heterocycles. The minimum atomic E-state index is -0.403. The van der Waals surface area contributed by atoms with Crippen molar-refractivity contribution in [3.8, 4) is 11.1 Å². The normalized spacial score (nSPS) is 10.6. The minimum Gasteiger partial charge on any atom is -0.459 e. The summed E-state index contributed by atoms with van der Waals surface area (Å²) >= 11 is 0. The third-order valence-electron chi connectivity index (χ3n) is 2.98. The van der Waals surface area contributed by atoms with E-state index in [9.17, 15) is 4.79 Å². The van der Waals surface area contributed by atoms with Crippen molar-refractivity contribution in [2.45, 2.75) is 26.9 Å². The quantitative estimate of drug-likeness (QED) is 0.687. The Balaban J connectivity index is 2.58. The monoisotopic (exact) mass is 270 g/mol. The summed E-state index contributed by atoms with van der Waals surface area (Å²) < 4.78 is 5.29. The molecule has 1 aromatic carbocycles. The molecule has 0 aliphatic heterocycles. The molecule has 0 atom stereocenters. The van der Waals surface area contributed by atoms with Crippen LogP contribution in [0.15, 0.2) is 36.7 Å². The van der Waals surface area contributed by atoms with Crippen molar-refractivity contribution in [1.82, 2.24) is 4.98 Å². The summed E-state index contributed by atoms with van der Waals surface area (Å²) in [6.07, 6.45) is 3.20. The van der Waals surface area contributed by atoms with E-state index < -0.39 is 5.97 Å². The fraction of sp³-hybridized carbons (Fsp3) is 0.250. The van der Waals surface area contributed by atoms with Gasteiger partial charge in [0.05, 0.1) is 11.7 Å². The molecule has 20 heavy (non-hydrogen) atoms. The van der Waals surface area contributed by atoms with E-state index in [2.05, 4.69) is 4.98 Å². The standard InChI is InChI=1S/C16H18N2O2/c1-10(2)20-16(19)14-13(7-6-11(3)15(14)17)12-5-4-8-18-9-12/h4-10H,17H2,1-3H3. The van der Waals surface area contributed by atoms with Gasteiger partial charge in [-0.3, -0.25) is 4.98 Å². The van der Waals surface area contributed by atoms with Gasteiger partial charge < -0.3 is 10.5 Å². The molecule has 0 aliphatic rings. The Hall–Kier alpha value is -2.36. The first kappa shape index (κ1) is 14.1. The number of anilines is 1. The first-order valence-electron chi connectivity index (χ1n) is 6.51. The van der Waals surface area contributed by atoms with Gasteiger partial charge in [0.25, 0.3) is 0 Å². The summed E-state index contributed by atoms with van der Waals surface area (Å²) in [6.45, 7) is 5.50. The highest BCUT2D eigenvalue weighted by Gasteiger charge is 2.20. The van der Waals surface area contributed by atoms with Crippen LogP contribution in [0.5, 0.6) is 0 Å². The molecule has 0 bridgehead atoms. The lowest BCUT2D eigenvalue weighted by Crippen LogP contribution is -2.15. The molecule has 0 fully saturated rings. The third-order valence-corrected chi connectivity index (χ3v) is 2.98. The van der Waals surface area contributed by atoms with Gasteiger partial charge in [0.15, 0.2) is 0 Å². The van der Waals surface area contributed by atoms with Gasteiger partial charge in [-0.05, 0) is 38.0 Å². The van der Waals surface area contributed by atoms with Crippen LogP contribution in [0, 0.1) is 6.92 Å². The first-order valence-corrected chi connectivity index (χ1v) is 6.51. The van der Waals surface area contributed by atoms with Crippen molar-refractivity contribution < 1.29 is 9.53 Å². The summed E-state index contributed by atoms with van der Waals surface area (Å²) in [7, 11) is 0. The van der Waals surface area contributed by atoms with Gasteiger partial charge in [-0.1, -0.05) is 18.2 Å². The van der Waals surface area contributed by atoms with Crippen LogP contribution < -0.4 is 5.73 Å². The molecule has 0 saturated carbocycles. The number of nitrogens with two attached hydrogens (primary N) is 1. The van der Waals surface area contributed by atoms with Gasteiger partial charge in [0.1, 0.15) is 0 Å². The van der Waals surface area contributed by atoms with Gasteiger partial charge in [-0.15, -0.1) is 0 Å². The predicted molar refractivity (Wildman–Crippen MR) is 79.4 cm³/mol. The van der Waals surface area contributed by atoms with Crippen LogP contribution in [-0.4, -0.2) is 17.1 Å². The van der Waals surface area contributed by atoms with Gasteiger partial charge in [0, 0.05) is 23.6 Å². The number of carbonyl (C=O) groups is 1. The molecule has 2 aromatic rings. The Morgan fingerprint density at radius 2 is 2.05 bits per heavy atom. The van der Waals surface area contributed by atoms with Crippen molar-refractivity contribution in [3.63, 3.8) is 0 Å². The highest BCUT2D eigenvalue weighted by molar-refractivity contribution is 6.03. The van der Waals surface area contributed by atoms with E-state index in [1.54, 1.807) is 12.4 Å². The maximum atomic E-state index is 12.3. The number of pyridine rings is 1. The van der Waals surface area contributed by atoms with Gasteiger partial charge in [-0.25, -0.2) is 4.79 Å². The maximum Gasteiger partial charge on any atom is 0.341 e. The Bertz CT molecular complexity index is 622.